The maximum Gasteiger partial charge on any atom is 0.226 e. The van der Waals surface area contributed by atoms with Gasteiger partial charge in [-0.05, 0) is 36.8 Å². The number of fused-ring (bicyclic) bond motifs is 2. The van der Waals surface area contributed by atoms with Crippen LogP contribution in [-0.2, 0) is 4.79 Å². The summed E-state index contributed by atoms with van der Waals surface area (Å²) in [5.74, 6) is -0.676. The summed E-state index contributed by atoms with van der Waals surface area (Å²) >= 11 is 0. The Labute approximate surface area is 158 Å². The van der Waals surface area contributed by atoms with Gasteiger partial charge in [0, 0.05) is 24.1 Å². The quantitative estimate of drug-likeness (QED) is 0.731. The Kier molecular flexibility index (Phi) is 3.68. The fourth-order valence-corrected chi connectivity index (χ4v) is 4.11. The van der Waals surface area contributed by atoms with Gasteiger partial charge in [0.25, 0.3) is 0 Å². The molecular weight excluding hydrogens is 366 g/mol. The maximum atomic E-state index is 13.9. The van der Waals surface area contributed by atoms with Crippen LogP contribution in [0.3, 0.4) is 0 Å². The van der Waals surface area contributed by atoms with Crippen molar-refractivity contribution in [3.8, 4) is 0 Å². The molecule has 3 atom stereocenters. The highest BCUT2D eigenvalue weighted by Gasteiger charge is 2.44. The van der Waals surface area contributed by atoms with E-state index in [0.29, 0.717) is 28.8 Å². The average molecular weight is 382 g/mol. The first kappa shape index (κ1) is 16.9. The number of benzene rings is 1. The van der Waals surface area contributed by atoms with E-state index in [2.05, 4.69) is 15.4 Å². The molecule has 0 fully saturated rings. The van der Waals surface area contributed by atoms with Crippen LogP contribution in [0.15, 0.2) is 52.8 Å². The number of aryl methyl sites for hydroxylation is 1. The number of furan rings is 1. The number of hydrogen-bond donors (Lipinski definition) is 1. The highest BCUT2D eigenvalue weighted by atomic mass is 19.1. The maximum absolute atomic E-state index is 13.9. The number of anilines is 1. The molecule has 1 aliphatic heterocycles. The summed E-state index contributed by atoms with van der Waals surface area (Å²) in [5, 5.41) is 7.53. The van der Waals surface area contributed by atoms with Crippen molar-refractivity contribution >= 4 is 11.7 Å². The number of carbonyl (C=O) groups is 1. The number of aromatic nitrogens is 3. The number of ketones is 1. The molecule has 2 aromatic heterocycles. The molecule has 8 heteroatoms. The monoisotopic (exact) mass is 382 g/mol. The second-order valence-corrected chi connectivity index (χ2v) is 7.09. The SMILES string of the molecule is Cc1nc2n(n1)C(c1cc(F)cc(F)c1)C1C(=O)CC(c3ccco3)C=C1N2. The van der Waals surface area contributed by atoms with Crippen molar-refractivity contribution in [3.05, 3.63) is 77.2 Å². The number of allylic oxidation sites excluding steroid dienone is 2. The lowest BCUT2D eigenvalue weighted by molar-refractivity contribution is -0.123. The molecule has 0 saturated heterocycles. The van der Waals surface area contributed by atoms with E-state index in [1.165, 1.54) is 16.8 Å². The van der Waals surface area contributed by atoms with Gasteiger partial charge in [-0.3, -0.25) is 4.79 Å². The Balaban J connectivity index is 1.67. The highest BCUT2D eigenvalue weighted by molar-refractivity contribution is 5.88. The lowest BCUT2D eigenvalue weighted by atomic mass is 9.77. The van der Waals surface area contributed by atoms with Gasteiger partial charge in [0.15, 0.2) is 0 Å². The number of Topliss-reactive ketones (excluding diaryl/α,β-unsaturated/α-hetero) is 1. The van der Waals surface area contributed by atoms with Crippen molar-refractivity contribution in [3.63, 3.8) is 0 Å². The molecule has 3 unspecified atom stereocenters. The van der Waals surface area contributed by atoms with Gasteiger partial charge in [-0.1, -0.05) is 6.08 Å². The predicted molar refractivity (Wildman–Crippen MR) is 95.5 cm³/mol. The van der Waals surface area contributed by atoms with Gasteiger partial charge in [0.05, 0.1) is 18.2 Å². The molecule has 1 aromatic carbocycles. The van der Waals surface area contributed by atoms with Gasteiger partial charge in [-0.15, -0.1) is 0 Å². The van der Waals surface area contributed by atoms with Crippen LogP contribution in [0.25, 0.3) is 0 Å². The molecule has 0 amide bonds. The molecule has 0 spiro atoms. The van der Waals surface area contributed by atoms with Gasteiger partial charge < -0.3 is 9.73 Å². The van der Waals surface area contributed by atoms with Crippen LogP contribution in [0.4, 0.5) is 14.7 Å². The molecule has 2 aliphatic rings. The molecular formula is C20H16F2N4O2. The molecule has 28 heavy (non-hydrogen) atoms. The fourth-order valence-electron chi connectivity index (χ4n) is 4.11. The third-order valence-corrected chi connectivity index (χ3v) is 5.19. The Morgan fingerprint density at radius 3 is 2.75 bits per heavy atom. The summed E-state index contributed by atoms with van der Waals surface area (Å²) < 4.78 is 34.8. The van der Waals surface area contributed by atoms with E-state index in [1.807, 2.05) is 12.1 Å². The molecule has 5 rings (SSSR count). The van der Waals surface area contributed by atoms with E-state index in [9.17, 15) is 13.6 Å². The minimum atomic E-state index is -0.700. The summed E-state index contributed by atoms with van der Waals surface area (Å²) in [4.78, 5) is 17.5. The zero-order chi connectivity index (χ0) is 19.4. The van der Waals surface area contributed by atoms with Crippen LogP contribution in [0, 0.1) is 24.5 Å². The first-order valence-corrected chi connectivity index (χ1v) is 8.93. The second kappa shape index (κ2) is 6.12. The van der Waals surface area contributed by atoms with Crippen LogP contribution in [0.2, 0.25) is 0 Å². The van der Waals surface area contributed by atoms with E-state index >= 15 is 0 Å². The van der Waals surface area contributed by atoms with Crippen LogP contribution in [0.5, 0.6) is 0 Å². The zero-order valence-electron chi connectivity index (χ0n) is 14.9. The average Bonchev–Trinajstić information content (AvgIpc) is 3.27. The molecule has 6 nitrogen and oxygen atoms in total. The summed E-state index contributed by atoms with van der Waals surface area (Å²) in [5.41, 5.74) is 0.984. The number of nitrogens with zero attached hydrogens (tertiary/aromatic N) is 3. The Bertz CT molecular complexity index is 1080. The minimum absolute atomic E-state index is 0.0557. The van der Waals surface area contributed by atoms with Crippen molar-refractivity contribution in [1.82, 2.24) is 14.8 Å². The van der Waals surface area contributed by atoms with Crippen molar-refractivity contribution in [1.29, 1.82) is 0 Å². The third kappa shape index (κ3) is 2.64. The lowest BCUT2D eigenvalue weighted by Crippen LogP contribution is -2.40. The van der Waals surface area contributed by atoms with Crippen LogP contribution in [-0.4, -0.2) is 20.5 Å². The van der Waals surface area contributed by atoms with E-state index in [-0.39, 0.29) is 18.1 Å². The number of halogens is 2. The summed E-state index contributed by atoms with van der Waals surface area (Å²) in [6.07, 6.45) is 3.73. The predicted octanol–water partition coefficient (Wildman–Crippen LogP) is 3.73. The Morgan fingerprint density at radius 1 is 1.25 bits per heavy atom. The van der Waals surface area contributed by atoms with E-state index < -0.39 is 23.6 Å². The van der Waals surface area contributed by atoms with E-state index in [1.54, 1.807) is 19.3 Å². The smallest absolute Gasteiger partial charge is 0.226 e. The van der Waals surface area contributed by atoms with Crippen molar-refractivity contribution in [2.45, 2.75) is 25.3 Å². The van der Waals surface area contributed by atoms with Crippen molar-refractivity contribution in [2.24, 2.45) is 5.92 Å². The number of rotatable bonds is 2. The summed E-state index contributed by atoms with van der Waals surface area (Å²) in [7, 11) is 0. The van der Waals surface area contributed by atoms with Gasteiger partial charge in [0.2, 0.25) is 5.95 Å². The molecule has 3 heterocycles. The second-order valence-electron chi connectivity index (χ2n) is 7.09. The van der Waals surface area contributed by atoms with Gasteiger partial charge >= 0.3 is 0 Å². The normalized spacial score (nSPS) is 23.6. The molecule has 142 valence electrons. The van der Waals surface area contributed by atoms with Gasteiger partial charge in [-0.25, -0.2) is 13.5 Å². The topological polar surface area (TPSA) is 73.0 Å². The standard InChI is InChI=1S/C20H16F2N4O2/c1-10-23-20-24-15-7-11(17-3-2-4-28-17)8-16(27)18(15)19(26(20)25-10)12-5-13(21)9-14(22)6-12/h2-7,9,11,18-19H,8H2,1H3,(H,23,24,25). The summed E-state index contributed by atoms with van der Waals surface area (Å²) in [6, 6.07) is 6.21. The number of nitrogens with one attached hydrogen (secondary N) is 1. The Morgan fingerprint density at radius 2 is 2.04 bits per heavy atom. The van der Waals surface area contributed by atoms with Crippen LogP contribution in [0.1, 0.15) is 35.5 Å². The number of hydrogen-bond acceptors (Lipinski definition) is 5. The zero-order valence-corrected chi connectivity index (χ0v) is 14.9. The Hall–Kier alpha value is -3.29. The molecule has 0 bridgehead atoms. The first-order chi connectivity index (χ1) is 13.5. The first-order valence-electron chi connectivity index (χ1n) is 8.93. The third-order valence-electron chi connectivity index (χ3n) is 5.19. The number of carbonyl (C=O) groups excluding carboxylic acids is 1. The fraction of sp³-hybridized carbons (Fsp3) is 0.250. The van der Waals surface area contributed by atoms with Crippen molar-refractivity contribution < 1.29 is 18.0 Å². The molecule has 1 N–H and O–H groups in total. The lowest BCUT2D eigenvalue weighted by Gasteiger charge is -2.37. The van der Waals surface area contributed by atoms with Crippen LogP contribution >= 0.6 is 0 Å². The molecule has 0 saturated carbocycles. The van der Waals surface area contributed by atoms with E-state index in [4.69, 9.17) is 4.42 Å². The minimum Gasteiger partial charge on any atom is -0.469 e. The van der Waals surface area contributed by atoms with Gasteiger partial charge in [-0.2, -0.15) is 10.1 Å². The molecule has 0 radical (unpaired) electrons. The van der Waals surface area contributed by atoms with Crippen LogP contribution < -0.4 is 5.32 Å². The largest absolute Gasteiger partial charge is 0.469 e. The van der Waals surface area contributed by atoms with Gasteiger partial charge in [0.1, 0.15) is 29.0 Å². The summed E-state index contributed by atoms with van der Waals surface area (Å²) in [6.45, 7) is 1.72. The highest BCUT2D eigenvalue weighted by Crippen LogP contribution is 2.44. The van der Waals surface area contributed by atoms with E-state index in [0.717, 1.165) is 6.07 Å². The molecule has 1 aliphatic carbocycles. The van der Waals surface area contributed by atoms with Crippen molar-refractivity contribution in [2.75, 3.05) is 5.32 Å². The molecule has 3 aromatic rings.